The van der Waals surface area contributed by atoms with E-state index in [1.54, 1.807) is 29.2 Å². The number of rotatable bonds is 5. The minimum absolute atomic E-state index is 0.101. The van der Waals surface area contributed by atoms with Gasteiger partial charge >= 0.3 is 0 Å². The first-order valence-corrected chi connectivity index (χ1v) is 8.06. The third-order valence-corrected chi connectivity index (χ3v) is 4.02. The van der Waals surface area contributed by atoms with E-state index in [0.29, 0.717) is 18.0 Å². The molecule has 1 aliphatic rings. The van der Waals surface area contributed by atoms with Gasteiger partial charge in [0.05, 0.1) is 6.04 Å². The molecule has 0 saturated carbocycles. The number of ether oxygens (including phenoxy) is 1. The van der Waals surface area contributed by atoms with E-state index in [0.717, 1.165) is 5.56 Å². The van der Waals surface area contributed by atoms with Crippen LogP contribution in [0.3, 0.4) is 0 Å². The van der Waals surface area contributed by atoms with E-state index in [4.69, 9.17) is 4.74 Å². The molecule has 2 aromatic carbocycles. The summed E-state index contributed by atoms with van der Waals surface area (Å²) in [7, 11) is 0. The van der Waals surface area contributed by atoms with Crippen LogP contribution >= 0.6 is 0 Å². The first-order valence-electron chi connectivity index (χ1n) is 8.06. The molecule has 1 aliphatic heterocycles. The lowest BCUT2D eigenvalue weighted by atomic mass is 10.2. The second kappa shape index (κ2) is 7.34. The van der Waals surface area contributed by atoms with E-state index in [-0.39, 0.29) is 36.7 Å². The molecule has 2 amide bonds. The van der Waals surface area contributed by atoms with Crippen molar-refractivity contribution in [2.75, 3.05) is 18.1 Å². The number of aryl methyl sites for hydroxylation is 1. The molecular weight excluding hydrogens is 323 g/mol. The van der Waals surface area contributed by atoms with Gasteiger partial charge < -0.3 is 15.0 Å². The molecule has 0 unspecified atom stereocenters. The predicted molar refractivity (Wildman–Crippen MR) is 92.0 cm³/mol. The van der Waals surface area contributed by atoms with Crippen LogP contribution in [0.4, 0.5) is 10.1 Å². The van der Waals surface area contributed by atoms with Crippen molar-refractivity contribution in [3.8, 4) is 5.75 Å². The molecule has 130 valence electrons. The normalized spacial score (nSPS) is 16.8. The number of anilines is 1. The third kappa shape index (κ3) is 4.35. The standard InChI is InChI=1S/C19H19FN2O3/c1-13-2-8-17(9-3-13)25-12-18(23)21-15-10-19(24)22(11-15)16-6-4-14(20)5-7-16/h2-9,15H,10-12H2,1H3,(H,21,23)/t15-/m1/s1. The van der Waals surface area contributed by atoms with Gasteiger partial charge in [0.15, 0.2) is 6.61 Å². The molecule has 6 heteroatoms. The minimum atomic E-state index is -0.353. The highest BCUT2D eigenvalue weighted by Crippen LogP contribution is 2.21. The SMILES string of the molecule is Cc1ccc(OCC(=O)N[C@@H]2CC(=O)N(c3ccc(F)cc3)C2)cc1. The summed E-state index contributed by atoms with van der Waals surface area (Å²) in [5, 5.41) is 2.80. The molecule has 0 aromatic heterocycles. The lowest BCUT2D eigenvalue weighted by Crippen LogP contribution is -2.39. The Morgan fingerprint density at radius 1 is 1.20 bits per heavy atom. The fourth-order valence-electron chi connectivity index (χ4n) is 2.73. The topological polar surface area (TPSA) is 58.6 Å². The highest BCUT2D eigenvalue weighted by molar-refractivity contribution is 5.96. The highest BCUT2D eigenvalue weighted by atomic mass is 19.1. The lowest BCUT2D eigenvalue weighted by Gasteiger charge is -2.17. The van der Waals surface area contributed by atoms with Crippen LogP contribution in [-0.2, 0) is 9.59 Å². The van der Waals surface area contributed by atoms with Crippen molar-refractivity contribution in [3.63, 3.8) is 0 Å². The van der Waals surface area contributed by atoms with Crippen LogP contribution in [0.2, 0.25) is 0 Å². The lowest BCUT2D eigenvalue weighted by molar-refractivity contribution is -0.123. The Bertz CT molecular complexity index is 759. The molecule has 0 spiro atoms. The molecule has 0 radical (unpaired) electrons. The van der Waals surface area contributed by atoms with Crippen LogP contribution in [0.5, 0.6) is 5.75 Å². The Balaban J connectivity index is 1.51. The molecule has 1 N–H and O–H groups in total. The van der Waals surface area contributed by atoms with Gasteiger partial charge in [-0.2, -0.15) is 0 Å². The summed E-state index contributed by atoms with van der Waals surface area (Å²) in [6, 6.07) is 12.9. The Labute approximate surface area is 145 Å². The van der Waals surface area contributed by atoms with Gasteiger partial charge in [-0.25, -0.2) is 4.39 Å². The van der Waals surface area contributed by atoms with Crippen LogP contribution in [0.1, 0.15) is 12.0 Å². The van der Waals surface area contributed by atoms with E-state index in [1.807, 2.05) is 19.1 Å². The van der Waals surface area contributed by atoms with Gasteiger partial charge in [-0.05, 0) is 43.3 Å². The van der Waals surface area contributed by atoms with Crippen LogP contribution < -0.4 is 15.0 Å². The summed E-state index contributed by atoms with van der Waals surface area (Å²) >= 11 is 0. The van der Waals surface area contributed by atoms with Crippen LogP contribution in [-0.4, -0.2) is 31.0 Å². The molecule has 25 heavy (non-hydrogen) atoms. The third-order valence-electron chi connectivity index (χ3n) is 4.02. The molecule has 1 heterocycles. The molecule has 2 aromatic rings. The summed E-state index contributed by atoms with van der Waals surface area (Å²) in [4.78, 5) is 25.7. The number of halogens is 1. The first-order chi connectivity index (χ1) is 12.0. The first kappa shape index (κ1) is 17.0. The zero-order chi connectivity index (χ0) is 17.8. The highest BCUT2D eigenvalue weighted by Gasteiger charge is 2.31. The summed E-state index contributed by atoms with van der Waals surface area (Å²) in [6.07, 6.45) is 0.216. The number of carbonyl (C=O) groups excluding carboxylic acids is 2. The number of nitrogens with one attached hydrogen (secondary N) is 1. The Morgan fingerprint density at radius 3 is 2.56 bits per heavy atom. The Hall–Kier alpha value is -2.89. The number of carbonyl (C=O) groups is 2. The van der Waals surface area contributed by atoms with Gasteiger partial charge in [0.1, 0.15) is 11.6 Å². The van der Waals surface area contributed by atoms with Crippen molar-refractivity contribution in [3.05, 3.63) is 59.9 Å². The summed E-state index contributed by atoms with van der Waals surface area (Å²) in [5.74, 6) is -0.111. The average molecular weight is 342 g/mol. The second-order valence-corrected chi connectivity index (χ2v) is 6.05. The molecule has 1 fully saturated rings. The molecular formula is C19H19FN2O3. The van der Waals surface area contributed by atoms with Gasteiger partial charge in [0.25, 0.3) is 5.91 Å². The molecule has 1 saturated heterocycles. The fourth-order valence-corrected chi connectivity index (χ4v) is 2.73. The van der Waals surface area contributed by atoms with E-state index >= 15 is 0 Å². The van der Waals surface area contributed by atoms with Crippen molar-refractivity contribution < 1.29 is 18.7 Å². The van der Waals surface area contributed by atoms with Crippen molar-refractivity contribution in [1.29, 1.82) is 0 Å². The number of benzene rings is 2. The van der Waals surface area contributed by atoms with Crippen LogP contribution in [0, 0.1) is 12.7 Å². The molecule has 0 bridgehead atoms. The van der Waals surface area contributed by atoms with E-state index in [1.165, 1.54) is 12.1 Å². The van der Waals surface area contributed by atoms with Gasteiger partial charge in [0.2, 0.25) is 5.91 Å². The van der Waals surface area contributed by atoms with Crippen molar-refractivity contribution >= 4 is 17.5 Å². The zero-order valence-electron chi connectivity index (χ0n) is 13.9. The quantitative estimate of drug-likeness (QED) is 0.908. The van der Waals surface area contributed by atoms with Crippen molar-refractivity contribution in [2.45, 2.75) is 19.4 Å². The van der Waals surface area contributed by atoms with Gasteiger partial charge in [-0.15, -0.1) is 0 Å². The maximum atomic E-state index is 13.0. The van der Waals surface area contributed by atoms with E-state index < -0.39 is 0 Å². The predicted octanol–water partition coefficient (Wildman–Crippen LogP) is 2.43. The van der Waals surface area contributed by atoms with Crippen molar-refractivity contribution in [2.24, 2.45) is 0 Å². The van der Waals surface area contributed by atoms with E-state index in [9.17, 15) is 14.0 Å². The summed E-state index contributed by atoms with van der Waals surface area (Å²) in [5.41, 5.74) is 1.74. The smallest absolute Gasteiger partial charge is 0.258 e. The largest absolute Gasteiger partial charge is 0.484 e. The Kier molecular flexibility index (Phi) is 4.97. The maximum Gasteiger partial charge on any atom is 0.258 e. The Morgan fingerprint density at radius 2 is 1.88 bits per heavy atom. The molecule has 0 aliphatic carbocycles. The molecule has 5 nitrogen and oxygen atoms in total. The minimum Gasteiger partial charge on any atom is -0.484 e. The van der Waals surface area contributed by atoms with E-state index in [2.05, 4.69) is 5.32 Å². The number of hydrogen-bond donors (Lipinski definition) is 1. The average Bonchev–Trinajstić information content (AvgIpc) is 2.95. The number of nitrogens with zero attached hydrogens (tertiary/aromatic N) is 1. The molecule has 3 rings (SSSR count). The maximum absolute atomic E-state index is 13.0. The fraction of sp³-hybridized carbons (Fsp3) is 0.263. The molecule has 1 atom stereocenters. The van der Waals surface area contributed by atoms with Gasteiger partial charge in [0, 0.05) is 18.7 Å². The van der Waals surface area contributed by atoms with Gasteiger partial charge in [-0.1, -0.05) is 17.7 Å². The van der Waals surface area contributed by atoms with Gasteiger partial charge in [-0.3, -0.25) is 9.59 Å². The monoisotopic (exact) mass is 342 g/mol. The van der Waals surface area contributed by atoms with Crippen LogP contribution in [0.15, 0.2) is 48.5 Å². The van der Waals surface area contributed by atoms with Crippen LogP contribution in [0.25, 0.3) is 0 Å². The summed E-state index contributed by atoms with van der Waals surface area (Å²) in [6.45, 7) is 2.23. The number of hydrogen-bond acceptors (Lipinski definition) is 3. The number of amides is 2. The van der Waals surface area contributed by atoms with Crippen molar-refractivity contribution in [1.82, 2.24) is 5.32 Å². The zero-order valence-corrected chi connectivity index (χ0v) is 13.9. The summed E-state index contributed by atoms with van der Waals surface area (Å²) < 4.78 is 18.4. The second-order valence-electron chi connectivity index (χ2n) is 6.05.